The van der Waals surface area contributed by atoms with Crippen LogP contribution in [0.1, 0.15) is 44.1 Å². The number of hydrogen-bond donors (Lipinski definition) is 3. The number of anilines is 3. The molecular weight excluding hydrogens is 476 g/mol. The van der Waals surface area contributed by atoms with Gasteiger partial charge < -0.3 is 20.9 Å². The molecule has 0 amide bonds. The maximum Gasteiger partial charge on any atom is 0.243 e. The zero-order valence-electron chi connectivity index (χ0n) is 20.5. The molecule has 2 saturated heterocycles. The number of rotatable bonds is 7. The topological polar surface area (TPSA) is 126 Å². The van der Waals surface area contributed by atoms with E-state index in [4.69, 9.17) is 0 Å². The third kappa shape index (κ3) is 5.56. The third-order valence-electron chi connectivity index (χ3n) is 7.35. The molecule has 36 heavy (non-hydrogen) atoms. The fourth-order valence-corrected chi connectivity index (χ4v) is 6.70. The Morgan fingerprint density at radius 3 is 2.28 bits per heavy atom. The molecule has 2 aliphatic heterocycles. The second-order valence-electron chi connectivity index (χ2n) is 9.75. The highest BCUT2D eigenvalue weighted by Crippen LogP contribution is 2.26. The predicted octanol–water partition coefficient (Wildman–Crippen LogP) is 2.38. The van der Waals surface area contributed by atoms with Gasteiger partial charge in [-0.15, -0.1) is 0 Å². The first-order valence-electron chi connectivity index (χ1n) is 12.9. The van der Waals surface area contributed by atoms with E-state index in [1.165, 1.54) is 12.8 Å². The van der Waals surface area contributed by atoms with E-state index >= 15 is 0 Å². The molecule has 3 heterocycles. The van der Waals surface area contributed by atoms with Gasteiger partial charge in [0.05, 0.1) is 11.1 Å². The number of hydrogen-bond acceptors (Lipinski definition) is 9. The van der Waals surface area contributed by atoms with Crippen LogP contribution in [0.3, 0.4) is 0 Å². The lowest BCUT2D eigenvalue weighted by atomic mass is 10.1. The standard InChI is InChI=1S/C25H34N8O2S/c26-17-19-18-28-25(31-24(19)29-20-3-1-2-4-20)30-21-9-13-33(14-10-21)36(34,35)23-7-5-22(6-8-23)32-15-11-27-12-16-32/h5-8,18,20-21,27H,1-4,9-16H2,(H2,28,29,30,31). The van der Waals surface area contributed by atoms with Gasteiger partial charge in [-0.25, -0.2) is 13.4 Å². The highest BCUT2D eigenvalue weighted by Gasteiger charge is 2.30. The zero-order valence-corrected chi connectivity index (χ0v) is 21.3. The summed E-state index contributed by atoms with van der Waals surface area (Å²) >= 11 is 0. The van der Waals surface area contributed by atoms with E-state index in [9.17, 15) is 13.7 Å². The number of nitriles is 1. The Balaban J connectivity index is 1.18. The quantitative estimate of drug-likeness (QED) is 0.515. The first-order chi connectivity index (χ1) is 17.5. The van der Waals surface area contributed by atoms with Gasteiger partial charge in [0.2, 0.25) is 16.0 Å². The van der Waals surface area contributed by atoms with Crippen LogP contribution in [0.25, 0.3) is 0 Å². The van der Waals surface area contributed by atoms with E-state index < -0.39 is 10.0 Å². The monoisotopic (exact) mass is 510 g/mol. The molecule has 0 bridgehead atoms. The molecule has 0 unspecified atom stereocenters. The average molecular weight is 511 g/mol. The number of benzene rings is 1. The maximum absolute atomic E-state index is 13.2. The number of nitrogens with one attached hydrogen (secondary N) is 3. The molecule has 1 aliphatic carbocycles. The molecule has 3 fully saturated rings. The Morgan fingerprint density at radius 1 is 0.944 bits per heavy atom. The van der Waals surface area contributed by atoms with Crippen LogP contribution in [0, 0.1) is 11.3 Å². The summed E-state index contributed by atoms with van der Waals surface area (Å²) in [6, 6.07) is 9.84. The van der Waals surface area contributed by atoms with Crippen molar-refractivity contribution in [3.05, 3.63) is 36.0 Å². The van der Waals surface area contributed by atoms with E-state index in [2.05, 4.69) is 36.9 Å². The summed E-state index contributed by atoms with van der Waals surface area (Å²) in [6.07, 6.45) is 7.43. The van der Waals surface area contributed by atoms with Gasteiger partial charge in [-0.05, 0) is 49.9 Å². The summed E-state index contributed by atoms with van der Waals surface area (Å²) < 4.78 is 28.0. The van der Waals surface area contributed by atoms with Gasteiger partial charge in [0.15, 0.2) is 0 Å². The van der Waals surface area contributed by atoms with E-state index in [0.29, 0.717) is 54.2 Å². The molecule has 1 aromatic heterocycles. The van der Waals surface area contributed by atoms with Crippen LogP contribution in [0.15, 0.2) is 35.4 Å². The van der Waals surface area contributed by atoms with E-state index in [1.54, 1.807) is 22.6 Å². The van der Waals surface area contributed by atoms with Crippen molar-refractivity contribution in [2.75, 3.05) is 54.8 Å². The third-order valence-corrected chi connectivity index (χ3v) is 9.26. The van der Waals surface area contributed by atoms with Crippen LogP contribution < -0.4 is 20.9 Å². The maximum atomic E-state index is 13.2. The molecule has 1 saturated carbocycles. The minimum Gasteiger partial charge on any atom is -0.369 e. The molecule has 1 aromatic carbocycles. The first kappa shape index (κ1) is 24.7. The average Bonchev–Trinajstić information content (AvgIpc) is 3.43. The van der Waals surface area contributed by atoms with Crippen LogP contribution in [0.5, 0.6) is 0 Å². The minimum atomic E-state index is -3.54. The smallest absolute Gasteiger partial charge is 0.243 e. The summed E-state index contributed by atoms with van der Waals surface area (Å²) in [5, 5.41) is 19.5. The van der Waals surface area contributed by atoms with Gasteiger partial charge in [0.25, 0.3) is 0 Å². The van der Waals surface area contributed by atoms with Crippen molar-refractivity contribution in [2.24, 2.45) is 0 Å². The Morgan fingerprint density at radius 2 is 1.61 bits per heavy atom. The molecule has 3 aliphatic rings. The molecule has 5 rings (SSSR count). The molecule has 2 aromatic rings. The van der Waals surface area contributed by atoms with Crippen molar-refractivity contribution >= 4 is 27.5 Å². The number of sulfonamides is 1. The zero-order chi connectivity index (χ0) is 25.0. The second kappa shape index (κ2) is 11.0. The Bertz CT molecular complexity index is 1180. The Hall–Kier alpha value is -2.94. The van der Waals surface area contributed by atoms with Crippen molar-refractivity contribution in [2.45, 2.75) is 55.5 Å². The lowest BCUT2D eigenvalue weighted by Crippen LogP contribution is -2.43. The summed E-state index contributed by atoms with van der Waals surface area (Å²) in [6.45, 7) is 4.59. The van der Waals surface area contributed by atoms with Gasteiger partial charge in [0, 0.05) is 57.0 Å². The summed E-state index contributed by atoms with van der Waals surface area (Å²) in [5.41, 5.74) is 1.50. The molecule has 0 atom stereocenters. The number of nitrogens with zero attached hydrogens (tertiary/aromatic N) is 5. The molecule has 192 valence electrons. The van der Waals surface area contributed by atoms with Crippen molar-refractivity contribution < 1.29 is 8.42 Å². The van der Waals surface area contributed by atoms with Gasteiger partial charge in [-0.1, -0.05) is 12.8 Å². The van der Waals surface area contributed by atoms with Gasteiger partial charge in [-0.2, -0.15) is 14.6 Å². The lowest BCUT2D eigenvalue weighted by Gasteiger charge is -2.32. The number of piperidine rings is 1. The Labute approximate surface area is 213 Å². The van der Waals surface area contributed by atoms with Crippen molar-refractivity contribution in [1.82, 2.24) is 19.6 Å². The van der Waals surface area contributed by atoms with Gasteiger partial charge in [0.1, 0.15) is 17.5 Å². The number of aromatic nitrogens is 2. The molecule has 0 spiro atoms. The van der Waals surface area contributed by atoms with Gasteiger partial charge in [-0.3, -0.25) is 0 Å². The fraction of sp³-hybridized carbons (Fsp3) is 0.560. The summed E-state index contributed by atoms with van der Waals surface area (Å²) in [5.74, 6) is 1.05. The van der Waals surface area contributed by atoms with Crippen molar-refractivity contribution in [3.63, 3.8) is 0 Å². The lowest BCUT2D eigenvalue weighted by molar-refractivity contribution is 0.329. The van der Waals surface area contributed by atoms with Crippen molar-refractivity contribution in [3.8, 4) is 6.07 Å². The largest absolute Gasteiger partial charge is 0.369 e. The predicted molar refractivity (Wildman–Crippen MR) is 140 cm³/mol. The van der Waals surface area contributed by atoms with Crippen LogP contribution in [-0.4, -0.2) is 74.0 Å². The molecule has 3 N–H and O–H groups in total. The number of piperazine rings is 1. The molecule has 0 radical (unpaired) electrons. The minimum absolute atomic E-state index is 0.0683. The van der Waals surface area contributed by atoms with Crippen molar-refractivity contribution in [1.29, 1.82) is 5.26 Å². The summed E-state index contributed by atoms with van der Waals surface area (Å²) in [4.78, 5) is 11.5. The highest BCUT2D eigenvalue weighted by atomic mass is 32.2. The molecular formula is C25H34N8O2S. The molecule has 10 nitrogen and oxygen atoms in total. The normalized spacial score (nSPS) is 20.2. The second-order valence-corrected chi connectivity index (χ2v) is 11.7. The highest BCUT2D eigenvalue weighted by molar-refractivity contribution is 7.89. The van der Waals surface area contributed by atoms with Crippen LogP contribution in [-0.2, 0) is 10.0 Å². The Kier molecular flexibility index (Phi) is 7.55. The van der Waals surface area contributed by atoms with Crippen LogP contribution in [0.2, 0.25) is 0 Å². The van der Waals surface area contributed by atoms with E-state index in [1.807, 2.05) is 12.1 Å². The van der Waals surface area contributed by atoms with Gasteiger partial charge >= 0.3 is 0 Å². The van der Waals surface area contributed by atoms with Crippen LogP contribution >= 0.6 is 0 Å². The summed E-state index contributed by atoms with van der Waals surface area (Å²) in [7, 11) is -3.54. The SMILES string of the molecule is N#Cc1cnc(NC2CCN(S(=O)(=O)c3ccc(N4CCNCC4)cc3)CC2)nc1NC1CCCC1. The fourth-order valence-electron chi connectivity index (χ4n) is 5.23. The van der Waals surface area contributed by atoms with Crippen LogP contribution in [0.4, 0.5) is 17.5 Å². The van der Waals surface area contributed by atoms with E-state index in [-0.39, 0.29) is 6.04 Å². The van der Waals surface area contributed by atoms with E-state index in [0.717, 1.165) is 44.7 Å². The first-order valence-corrected chi connectivity index (χ1v) is 14.3. The molecule has 11 heteroatoms.